The average Bonchev–Trinajstić information content (AvgIpc) is 2.71. The van der Waals surface area contributed by atoms with Crippen molar-refractivity contribution in [1.82, 2.24) is 0 Å². The van der Waals surface area contributed by atoms with Gasteiger partial charge in [-0.1, -0.05) is 18.2 Å². The number of phenols is 3. The first kappa shape index (κ1) is 21.2. The summed E-state index contributed by atoms with van der Waals surface area (Å²) in [4.78, 5) is 34.4. The Morgan fingerprint density at radius 2 is 0.774 bits per heavy atom. The molecule has 6 N–H and O–H groups in total. The molecule has 0 aliphatic rings. The second-order valence-electron chi connectivity index (χ2n) is 6.68. The Bertz CT molecular complexity index is 1060. The third kappa shape index (κ3) is 4.10. The first-order chi connectivity index (χ1) is 14.6. The van der Waals surface area contributed by atoms with Gasteiger partial charge < -0.3 is 30.6 Å². The minimum atomic E-state index is -1.40. The molecule has 0 bridgehead atoms. The highest BCUT2D eigenvalue weighted by Crippen LogP contribution is 2.37. The molecule has 0 atom stereocenters. The molecule has 31 heavy (non-hydrogen) atoms. The van der Waals surface area contributed by atoms with E-state index in [0.717, 1.165) is 18.2 Å². The smallest absolute Gasteiger partial charge is 0.339 e. The van der Waals surface area contributed by atoms with Gasteiger partial charge in [-0.15, -0.1) is 0 Å². The van der Waals surface area contributed by atoms with E-state index in [0.29, 0.717) is 16.7 Å². The maximum Gasteiger partial charge on any atom is 0.339 e. The number of carboxylic acids is 3. The fraction of sp³-hybridized carbons (Fsp3) is 0.0455. The van der Waals surface area contributed by atoms with Gasteiger partial charge >= 0.3 is 17.9 Å². The number of hydrogen-bond donors (Lipinski definition) is 6. The lowest BCUT2D eigenvalue weighted by atomic mass is 9.83. The molecule has 9 heteroatoms. The van der Waals surface area contributed by atoms with Crippen LogP contribution in [0.25, 0.3) is 0 Å². The van der Waals surface area contributed by atoms with Crippen LogP contribution in [0.2, 0.25) is 0 Å². The van der Waals surface area contributed by atoms with Crippen LogP contribution in [0.3, 0.4) is 0 Å². The fourth-order valence-electron chi connectivity index (χ4n) is 3.29. The normalized spacial score (nSPS) is 10.7. The van der Waals surface area contributed by atoms with Crippen molar-refractivity contribution in [2.24, 2.45) is 0 Å². The van der Waals surface area contributed by atoms with Crippen molar-refractivity contribution in [2.75, 3.05) is 0 Å². The highest BCUT2D eigenvalue weighted by atomic mass is 16.4. The molecule has 0 spiro atoms. The minimum absolute atomic E-state index is 0.305. The van der Waals surface area contributed by atoms with Gasteiger partial charge in [-0.25, -0.2) is 14.4 Å². The SMILES string of the molecule is O=C(O)c1cc(C(c2ccc(O)c(C(=O)O)c2)c2ccc(O)c(C(=O)O)c2)ccc1O. The van der Waals surface area contributed by atoms with E-state index in [1.54, 1.807) is 0 Å². The summed E-state index contributed by atoms with van der Waals surface area (Å²) in [6.07, 6.45) is 0. The zero-order valence-corrected chi connectivity index (χ0v) is 15.7. The Hall–Kier alpha value is -4.53. The third-order valence-electron chi connectivity index (χ3n) is 4.75. The maximum atomic E-state index is 11.5. The fourth-order valence-corrected chi connectivity index (χ4v) is 3.29. The molecule has 0 unspecified atom stereocenters. The lowest BCUT2D eigenvalue weighted by Gasteiger charge is -2.21. The lowest BCUT2D eigenvalue weighted by Crippen LogP contribution is -2.09. The summed E-state index contributed by atoms with van der Waals surface area (Å²) < 4.78 is 0. The maximum absolute atomic E-state index is 11.5. The quantitative estimate of drug-likeness (QED) is 0.325. The Kier molecular flexibility index (Phi) is 5.52. The van der Waals surface area contributed by atoms with Crippen LogP contribution in [-0.4, -0.2) is 48.5 Å². The van der Waals surface area contributed by atoms with E-state index >= 15 is 0 Å². The second-order valence-corrected chi connectivity index (χ2v) is 6.68. The van der Waals surface area contributed by atoms with Crippen LogP contribution in [0, 0.1) is 0 Å². The summed E-state index contributed by atoms with van der Waals surface area (Å²) in [6, 6.07) is 11.2. The molecule has 0 heterocycles. The van der Waals surface area contributed by atoms with Crippen LogP contribution in [0.5, 0.6) is 17.2 Å². The van der Waals surface area contributed by atoms with Crippen LogP contribution in [-0.2, 0) is 0 Å². The minimum Gasteiger partial charge on any atom is -0.507 e. The summed E-state index contributed by atoms with van der Waals surface area (Å²) in [7, 11) is 0. The average molecular weight is 424 g/mol. The number of rotatable bonds is 6. The highest BCUT2D eigenvalue weighted by molar-refractivity contribution is 5.92. The third-order valence-corrected chi connectivity index (χ3v) is 4.75. The summed E-state index contributed by atoms with van der Waals surface area (Å²) in [5.74, 6) is -6.52. The first-order valence-corrected chi connectivity index (χ1v) is 8.78. The molecule has 0 aliphatic carbocycles. The standard InChI is InChI=1S/C22H16O9/c23-16-4-1-10(7-13(16)20(26)27)19(11-2-5-17(24)14(8-11)21(28)29)12-3-6-18(25)15(9-12)22(30)31/h1-9,19,23-25H,(H,26,27)(H,28,29)(H,30,31). The van der Waals surface area contributed by atoms with E-state index in [1.807, 2.05) is 0 Å². The van der Waals surface area contributed by atoms with E-state index in [2.05, 4.69) is 0 Å². The van der Waals surface area contributed by atoms with Crippen molar-refractivity contribution in [1.29, 1.82) is 0 Å². The van der Waals surface area contributed by atoms with Crippen molar-refractivity contribution < 1.29 is 45.0 Å². The number of hydrogen-bond acceptors (Lipinski definition) is 6. The first-order valence-electron chi connectivity index (χ1n) is 8.78. The summed E-state index contributed by atoms with van der Waals surface area (Å²) in [5, 5.41) is 57.5. The van der Waals surface area contributed by atoms with Crippen LogP contribution in [0.15, 0.2) is 54.6 Å². The van der Waals surface area contributed by atoms with Crippen molar-refractivity contribution >= 4 is 17.9 Å². The highest BCUT2D eigenvalue weighted by Gasteiger charge is 2.24. The monoisotopic (exact) mass is 424 g/mol. The molecule has 0 saturated carbocycles. The Balaban J connectivity index is 2.31. The summed E-state index contributed by atoms with van der Waals surface area (Å²) >= 11 is 0. The summed E-state index contributed by atoms with van der Waals surface area (Å²) in [6.45, 7) is 0. The van der Waals surface area contributed by atoms with Gasteiger partial charge in [-0.05, 0) is 53.1 Å². The number of aromatic carboxylic acids is 3. The molecule has 158 valence electrons. The molecular weight excluding hydrogens is 408 g/mol. The lowest BCUT2D eigenvalue weighted by molar-refractivity contribution is 0.0682. The van der Waals surface area contributed by atoms with E-state index in [4.69, 9.17) is 0 Å². The predicted molar refractivity (Wildman–Crippen MR) is 106 cm³/mol. The molecule has 0 amide bonds. The topological polar surface area (TPSA) is 173 Å². The molecule has 0 saturated heterocycles. The zero-order valence-electron chi connectivity index (χ0n) is 15.7. The van der Waals surface area contributed by atoms with Gasteiger partial charge in [0.2, 0.25) is 0 Å². The Morgan fingerprint density at radius 1 is 0.516 bits per heavy atom. The van der Waals surface area contributed by atoms with Crippen LogP contribution < -0.4 is 0 Å². The van der Waals surface area contributed by atoms with Gasteiger partial charge in [-0.3, -0.25) is 0 Å². The van der Waals surface area contributed by atoms with Gasteiger partial charge in [0.15, 0.2) is 0 Å². The number of carboxylic acid groups (broad SMARTS) is 3. The van der Waals surface area contributed by atoms with E-state index in [9.17, 15) is 45.0 Å². The predicted octanol–water partition coefficient (Wildman–Crippen LogP) is 3.08. The van der Waals surface area contributed by atoms with Crippen molar-refractivity contribution in [3.63, 3.8) is 0 Å². The number of benzene rings is 3. The molecular formula is C22H16O9. The molecule has 0 radical (unpaired) electrons. The van der Waals surface area contributed by atoms with E-state index in [-0.39, 0.29) is 0 Å². The van der Waals surface area contributed by atoms with Crippen molar-refractivity contribution in [3.05, 3.63) is 88.0 Å². The van der Waals surface area contributed by atoms with Gasteiger partial charge in [0.25, 0.3) is 0 Å². The molecule has 0 fully saturated rings. The Morgan fingerprint density at radius 3 is 1.00 bits per heavy atom. The molecule has 0 aromatic heterocycles. The Labute approximate surface area is 174 Å². The van der Waals surface area contributed by atoms with Gasteiger partial charge in [0, 0.05) is 5.92 Å². The van der Waals surface area contributed by atoms with Crippen LogP contribution >= 0.6 is 0 Å². The number of aromatic hydroxyl groups is 3. The molecule has 3 aromatic rings. The van der Waals surface area contributed by atoms with Crippen LogP contribution in [0.1, 0.15) is 53.7 Å². The van der Waals surface area contributed by atoms with E-state index < -0.39 is 57.8 Å². The second kappa shape index (κ2) is 8.07. The van der Waals surface area contributed by atoms with Crippen LogP contribution in [0.4, 0.5) is 0 Å². The van der Waals surface area contributed by atoms with Crippen molar-refractivity contribution in [3.8, 4) is 17.2 Å². The molecule has 9 nitrogen and oxygen atoms in total. The van der Waals surface area contributed by atoms with E-state index in [1.165, 1.54) is 36.4 Å². The van der Waals surface area contributed by atoms with Gasteiger partial charge in [0.1, 0.15) is 33.9 Å². The van der Waals surface area contributed by atoms with Gasteiger partial charge in [0.05, 0.1) is 0 Å². The number of carbonyl (C=O) groups is 3. The van der Waals surface area contributed by atoms with Crippen molar-refractivity contribution in [2.45, 2.75) is 5.92 Å². The largest absolute Gasteiger partial charge is 0.507 e. The molecule has 0 aliphatic heterocycles. The zero-order chi connectivity index (χ0) is 22.9. The van der Waals surface area contributed by atoms with Gasteiger partial charge in [-0.2, -0.15) is 0 Å². The molecule has 3 rings (SSSR count). The summed E-state index contributed by atoms with van der Waals surface area (Å²) in [5.41, 5.74) is -0.302. The molecule has 3 aromatic carbocycles.